The van der Waals surface area contributed by atoms with Crippen LogP contribution in [0.25, 0.3) is 0 Å². The molecular weight excluding hydrogens is 486 g/mol. The zero-order valence-corrected chi connectivity index (χ0v) is 22.9. The highest BCUT2D eigenvalue weighted by atomic mass is 32.2. The third-order valence-electron chi connectivity index (χ3n) is 6.23. The van der Waals surface area contributed by atoms with Crippen LogP contribution in [0.5, 0.6) is 0 Å². The molecule has 0 saturated heterocycles. The van der Waals surface area contributed by atoms with Gasteiger partial charge in [-0.1, -0.05) is 65.7 Å². The molecular formula is C29H35N3O4S. The first-order valence-corrected chi connectivity index (χ1v) is 13.8. The molecule has 0 aliphatic rings. The van der Waals surface area contributed by atoms with Gasteiger partial charge in [-0.25, -0.2) is 8.42 Å². The Hall–Kier alpha value is -3.65. The smallest absolute Gasteiger partial charge is 0.264 e. The lowest BCUT2D eigenvalue weighted by atomic mass is 10.1. The van der Waals surface area contributed by atoms with E-state index in [2.05, 4.69) is 5.32 Å². The predicted octanol–water partition coefficient (Wildman–Crippen LogP) is 4.36. The summed E-state index contributed by atoms with van der Waals surface area (Å²) in [5, 5.41) is 2.77. The molecule has 7 nitrogen and oxygen atoms in total. The number of anilines is 1. The molecule has 8 heteroatoms. The standard InChI is InChI=1S/C29H35N3O4S/c1-6-30-29(34)24(5)31(19-25-12-9-10-22(3)18-25)28(33)20-32(27-13-8-7-11-23(27)4)37(35,36)26-16-14-21(2)15-17-26/h7-18,24H,6,19-20H2,1-5H3,(H,30,34)/t24-/m1/s1. The topological polar surface area (TPSA) is 86.8 Å². The number of rotatable bonds is 10. The summed E-state index contributed by atoms with van der Waals surface area (Å²) in [5.74, 6) is -0.772. The molecule has 0 aliphatic heterocycles. The Balaban J connectivity index is 2.04. The summed E-state index contributed by atoms with van der Waals surface area (Å²) in [5.41, 5.74) is 3.94. The number of sulfonamides is 1. The lowest BCUT2D eigenvalue weighted by Crippen LogP contribution is -2.51. The monoisotopic (exact) mass is 521 g/mol. The van der Waals surface area contributed by atoms with E-state index < -0.39 is 28.5 Å². The number of benzene rings is 3. The first-order chi connectivity index (χ1) is 17.5. The van der Waals surface area contributed by atoms with Gasteiger partial charge in [0.1, 0.15) is 12.6 Å². The molecule has 3 aromatic rings. The van der Waals surface area contributed by atoms with Crippen molar-refractivity contribution in [2.75, 3.05) is 17.4 Å². The summed E-state index contributed by atoms with van der Waals surface area (Å²) in [7, 11) is -4.07. The summed E-state index contributed by atoms with van der Waals surface area (Å²) in [4.78, 5) is 28.2. The predicted molar refractivity (Wildman–Crippen MR) is 147 cm³/mol. The molecule has 0 fully saturated rings. The molecule has 0 bridgehead atoms. The average molecular weight is 522 g/mol. The Morgan fingerprint density at radius 3 is 2.19 bits per heavy atom. The second-order valence-corrected chi connectivity index (χ2v) is 11.1. The molecule has 0 radical (unpaired) electrons. The number of amides is 2. The summed E-state index contributed by atoms with van der Waals surface area (Å²) < 4.78 is 28.8. The van der Waals surface area contributed by atoms with E-state index in [1.807, 2.05) is 51.1 Å². The van der Waals surface area contributed by atoms with Gasteiger partial charge >= 0.3 is 0 Å². The molecule has 0 unspecified atom stereocenters. The third kappa shape index (κ3) is 6.77. The molecule has 0 heterocycles. The first-order valence-electron chi connectivity index (χ1n) is 12.3. The lowest BCUT2D eigenvalue weighted by molar-refractivity contribution is -0.139. The van der Waals surface area contributed by atoms with Crippen molar-refractivity contribution in [2.24, 2.45) is 0 Å². The number of para-hydroxylation sites is 1. The Morgan fingerprint density at radius 1 is 0.892 bits per heavy atom. The van der Waals surface area contributed by atoms with E-state index in [-0.39, 0.29) is 17.3 Å². The van der Waals surface area contributed by atoms with Crippen LogP contribution < -0.4 is 9.62 Å². The number of aryl methyl sites for hydroxylation is 3. The maximum Gasteiger partial charge on any atom is 0.264 e. The fourth-order valence-electron chi connectivity index (χ4n) is 4.11. The van der Waals surface area contributed by atoms with Gasteiger partial charge in [-0.05, 0) is 63.9 Å². The van der Waals surface area contributed by atoms with Crippen LogP contribution in [0.1, 0.15) is 36.1 Å². The molecule has 3 aromatic carbocycles. The fourth-order valence-corrected chi connectivity index (χ4v) is 5.58. The second-order valence-electron chi connectivity index (χ2n) is 9.19. The minimum absolute atomic E-state index is 0.0937. The Morgan fingerprint density at radius 2 is 1.57 bits per heavy atom. The number of nitrogens with one attached hydrogen (secondary N) is 1. The van der Waals surface area contributed by atoms with Crippen molar-refractivity contribution in [3.05, 3.63) is 95.1 Å². The Labute approximate surface area is 220 Å². The number of nitrogens with zero attached hydrogens (tertiary/aromatic N) is 2. The van der Waals surface area contributed by atoms with Gasteiger partial charge < -0.3 is 10.2 Å². The molecule has 1 N–H and O–H groups in total. The van der Waals surface area contributed by atoms with Gasteiger partial charge in [-0.15, -0.1) is 0 Å². The van der Waals surface area contributed by atoms with E-state index >= 15 is 0 Å². The van der Waals surface area contributed by atoms with Crippen molar-refractivity contribution in [3.8, 4) is 0 Å². The number of hydrogen-bond acceptors (Lipinski definition) is 4. The molecule has 37 heavy (non-hydrogen) atoms. The van der Waals surface area contributed by atoms with Crippen LogP contribution >= 0.6 is 0 Å². The van der Waals surface area contributed by atoms with Crippen molar-refractivity contribution < 1.29 is 18.0 Å². The number of carbonyl (C=O) groups excluding carboxylic acids is 2. The minimum Gasteiger partial charge on any atom is -0.355 e. The molecule has 196 valence electrons. The van der Waals surface area contributed by atoms with E-state index in [9.17, 15) is 18.0 Å². The molecule has 2 amide bonds. The zero-order chi connectivity index (χ0) is 27.2. The Bertz CT molecular complexity index is 1350. The van der Waals surface area contributed by atoms with Crippen LogP contribution in [0.15, 0.2) is 77.7 Å². The SMILES string of the molecule is CCNC(=O)[C@@H](C)N(Cc1cccc(C)c1)C(=O)CN(c1ccccc1C)S(=O)(=O)c1ccc(C)cc1. The summed E-state index contributed by atoms with van der Waals surface area (Å²) in [6.45, 7) is 9.26. The molecule has 0 aromatic heterocycles. The van der Waals surface area contributed by atoms with E-state index in [0.717, 1.165) is 21.0 Å². The second kappa shape index (κ2) is 12.1. The van der Waals surface area contributed by atoms with E-state index in [4.69, 9.17) is 0 Å². The highest BCUT2D eigenvalue weighted by molar-refractivity contribution is 7.92. The molecule has 3 rings (SSSR count). The molecule has 0 spiro atoms. The maximum atomic E-state index is 13.8. The quantitative estimate of drug-likeness (QED) is 0.430. The normalized spacial score (nSPS) is 12.0. The number of hydrogen-bond donors (Lipinski definition) is 1. The van der Waals surface area contributed by atoms with Crippen LogP contribution in [-0.4, -0.2) is 44.3 Å². The summed E-state index contributed by atoms with van der Waals surface area (Å²) in [6.07, 6.45) is 0. The van der Waals surface area contributed by atoms with Crippen molar-refractivity contribution in [3.63, 3.8) is 0 Å². The van der Waals surface area contributed by atoms with Crippen molar-refractivity contribution >= 4 is 27.5 Å². The lowest BCUT2D eigenvalue weighted by Gasteiger charge is -2.32. The molecule has 0 aliphatic carbocycles. The average Bonchev–Trinajstić information content (AvgIpc) is 2.86. The van der Waals surface area contributed by atoms with Crippen molar-refractivity contribution in [1.82, 2.24) is 10.2 Å². The van der Waals surface area contributed by atoms with Gasteiger partial charge in [0.2, 0.25) is 11.8 Å². The van der Waals surface area contributed by atoms with Crippen LogP contribution in [0.4, 0.5) is 5.69 Å². The van der Waals surface area contributed by atoms with Gasteiger partial charge in [0.25, 0.3) is 10.0 Å². The number of carbonyl (C=O) groups is 2. The fraction of sp³-hybridized carbons (Fsp3) is 0.310. The van der Waals surface area contributed by atoms with Crippen LogP contribution in [0.3, 0.4) is 0 Å². The van der Waals surface area contributed by atoms with Gasteiger partial charge in [0.05, 0.1) is 10.6 Å². The van der Waals surface area contributed by atoms with Crippen LogP contribution in [-0.2, 0) is 26.2 Å². The largest absolute Gasteiger partial charge is 0.355 e. The van der Waals surface area contributed by atoms with Crippen LogP contribution in [0.2, 0.25) is 0 Å². The third-order valence-corrected chi connectivity index (χ3v) is 8.00. The minimum atomic E-state index is -4.07. The van der Waals surface area contributed by atoms with Crippen molar-refractivity contribution in [1.29, 1.82) is 0 Å². The Kier molecular flexibility index (Phi) is 9.10. The van der Waals surface area contributed by atoms with E-state index in [0.29, 0.717) is 17.8 Å². The summed E-state index contributed by atoms with van der Waals surface area (Å²) in [6, 6.07) is 20.5. The first kappa shape index (κ1) is 27.9. The van der Waals surface area contributed by atoms with Gasteiger partial charge in [0, 0.05) is 13.1 Å². The van der Waals surface area contributed by atoms with Gasteiger partial charge in [-0.3, -0.25) is 13.9 Å². The van der Waals surface area contributed by atoms with Crippen LogP contribution in [0, 0.1) is 20.8 Å². The van der Waals surface area contributed by atoms with Crippen molar-refractivity contribution in [2.45, 2.75) is 52.1 Å². The highest BCUT2D eigenvalue weighted by Crippen LogP contribution is 2.27. The van der Waals surface area contributed by atoms with E-state index in [1.165, 1.54) is 4.90 Å². The molecule has 1 atom stereocenters. The zero-order valence-electron chi connectivity index (χ0n) is 22.1. The molecule has 0 saturated carbocycles. The highest BCUT2D eigenvalue weighted by Gasteiger charge is 2.33. The van der Waals surface area contributed by atoms with Gasteiger partial charge in [-0.2, -0.15) is 0 Å². The maximum absolute atomic E-state index is 13.8. The number of likely N-dealkylation sites (N-methyl/N-ethyl adjacent to an activating group) is 1. The summed E-state index contributed by atoms with van der Waals surface area (Å²) >= 11 is 0. The van der Waals surface area contributed by atoms with E-state index in [1.54, 1.807) is 56.3 Å². The van der Waals surface area contributed by atoms with Gasteiger partial charge in [0.15, 0.2) is 0 Å².